The van der Waals surface area contributed by atoms with Crippen LogP contribution in [0.4, 0.5) is 5.69 Å². The maximum absolute atomic E-state index is 12.4. The molecular weight excluding hydrogens is 413 g/mol. The van der Waals surface area contributed by atoms with Gasteiger partial charge >= 0.3 is 0 Å². The number of carbonyl (C=O) groups excluding carboxylic acids is 1. The van der Waals surface area contributed by atoms with Gasteiger partial charge in [-0.3, -0.25) is 4.79 Å². The summed E-state index contributed by atoms with van der Waals surface area (Å²) in [6, 6.07) is 13.7. The molecule has 122 valence electrons. The molecule has 0 aliphatic heterocycles. The molecule has 3 aromatic rings. The highest BCUT2D eigenvalue weighted by atomic mass is 127. The second-order valence-electron chi connectivity index (χ2n) is 5.69. The number of aryl methyl sites for hydroxylation is 2. The Morgan fingerprint density at radius 1 is 1.17 bits per heavy atom. The lowest BCUT2D eigenvalue weighted by atomic mass is 10.1. The third-order valence-corrected chi connectivity index (χ3v) is 5.36. The summed E-state index contributed by atoms with van der Waals surface area (Å²) in [5.74, 6) is 0.905. The molecule has 3 rings (SSSR count). The maximum Gasteiger partial charge on any atom is 0.256 e. The van der Waals surface area contributed by atoms with E-state index in [0.717, 1.165) is 27.2 Å². The molecule has 5 heteroatoms. The number of rotatable bonds is 4. The molecule has 4 nitrogen and oxygen atoms in total. The Morgan fingerprint density at radius 2 is 1.92 bits per heavy atom. The van der Waals surface area contributed by atoms with Gasteiger partial charge in [-0.2, -0.15) is 0 Å². The van der Waals surface area contributed by atoms with Crippen molar-refractivity contribution in [3.63, 3.8) is 0 Å². The van der Waals surface area contributed by atoms with Gasteiger partial charge in [0.05, 0.1) is 5.56 Å². The van der Waals surface area contributed by atoms with Crippen LogP contribution in [0.15, 0.2) is 54.9 Å². The zero-order valence-corrected chi connectivity index (χ0v) is 15.7. The lowest BCUT2D eigenvalue weighted by Gasteiger charge is -2.10. The van der Waals surface area contributed by atoms with Gasteiger partial charge in [-0.05, 0) is 65.8 Å². The van der Waals surface area contributed by atoms with E-state index < -0.39 is 0 Å². The highest BCUT2D eigenvalue weighted by Crippen LogP contribution is 2.19. The number of carbonyl (C=O) groups is 1. The lowest BCUT2D eigenvalue weighted by molar-refractivity contribution is 0.102. The van der Waals surface area contributed by atoms with Gasteiger partial charge in [0.25, 0.3) is 5.91 Å². The average molecular weight is 431 g/mol. The van der Waals surface area contributed by atoms with Crippen LogP contribution in [0.25, 0.3) is 0 Å². The summed E-state index contributed by atoms with van der Waals surface area (Å²) in [7, 11) is 0. The summed E-state index contributed by atoms with van der Waals surface area (Å²) in [4.78, 5) is 16.7. The number of aromatic nitrogens is 2. The minimum atomic E-state index is -0.0821. The van der Waals surface area contributed by atoms with Gasteiger partial charge < -0.3 is 9.88 Å². The van der Waals surface area contributed by atoms with Crippen molar-refractivity contribution in [3.05, 3.63) is 80.9 Å². The first-order valence-corrected chi connectivity index (χ1v) is 8.75. The van der Waals surface area contributed by atoms with Crippen molar-refractivity contribution in [1.29, 1.82) is 0 Å². The van der Waals surface area contributed by atoms with Crippen LogP contribution in [0.5, 0.6) is 0 Å². The number of imidazole rings is 1. The summed E-state index contributed by atoms with van der Waals surface area (Å²) in [5.41, 5.74) is 3.77. The molecule has 0 spiro atoms. The number of amides is 1. The van der Waals surface area contributed by atoms with Gasteiger partial charge in [0.1, 0.15) is 5.82 Å². The van der Waals surface area contributed by atoms with Crippen LogP contribution in [-0.2, 0) is 6.54 Å². The van der Waals surface area contributed by atoms with Crippen LogP contribution >= 0.6 is 22.6 Å². The summed E-state index contributed by atoms with van der Waals surface area (Å²) >= 11 is 2.21. The third-order valence-electron chi connectivity index (χ3n) is 3.92. The first-order valence-electron chi connectivity index (χ1n) is 7.68. The highest BCUT2D eigenvalue weighted by Gasteiger charge is 2.11. The number of anilines is 1. The fourth-order valence-electron chi connectivity index (χ4n) is 2.48. The zero-order chi connectivity index (χ0) is 17.1. The number of halogens is 1. The SMILES string of the molecule is Cc1cccc(C(=O)Nc2ccc(Cn3ccnc3C)cc2)c1I. The first kappa shape index (κ1) is 16.7. The van der Waals surface area contributed by atoms with Crippen LogP contribution in [0.1, 0.15) is 27.3 Å². The molecule has 0 saturated heterocycles. The molecule has 1 heterocycles. The Morgan fingerprint density at radius 3 is 2.58 bits per heavy atom. The van der Waals surface area contributed by atoms with Gasteiger partial charge in [0, 0.05) is 28.2 Å². The third kappa shape index (κ3) is 3.67. The quantitative estimate of drug-likeness (QED) is 0.623. The number of nitrogens with one attached hydrogen (secondary N) is 1. The molecular formula is C19H18IN3O. The molecule has 1 amide bonds. The van der Waals surface area contributed by atoms with E-state index in [0.29, 0.717) is 5.56 Å². The minimum absolute atomic E-state index is 0.0821. The molecule has 1 N–H and O–H groups in total. The van der Waals surface area contributed by atoms with E-state index in [9.17, 15) is 4.79 Å². The van der Waals surface area contributed by atoms with E-state index in [4.69, 9.17) is 0 Å². The van der Waals surface area contributed by atoms with E-state index in [1.807, 2.05) is 62.5 Å². The van der Waals surface area contributed by atoms with Crippen LogP contribution < -0.4 is 5.32 Å². The van der Waals surface area contributed by atoms with E-state index in [1.54, 1.807) is 6.20 Å². The molecule has 0 atom stereocenters. The minimum Gasteiger partial charge on any atom is -0.331 e. The van der Waals surface area contributed by atoms with E-state index in [1.165, 1.54) is 5.56 Å². The second kappa shape index (κ2) is 7.17. The van der Waals surface area contributed by atoms with E-state index in [2.05, 4.69) is 37.5 Å². The molecule has 0 fully saturated rings. The number of benzene rings is 2. The standard InChI is InChI=1S/C19H18IN3O/c1-13-4-3-5-17(18(13)20)19(24)22-16-8-6-15(7-9-16)12-23-11-10-21-14(23)2/h3-11H,12H2,1-2H3,(H,22,24). The molecule has 2 aromatic carbocycles. The normalized spacial score (nSPS) is 10.6. The van der Waals surface area contributed by atoms with Gasteiger partial charge in [-0.15, -0.1) is 0 Å². The van der Waals surface area contributed by atoms with E-state index >= 15 is 0 Å². The second-order valence-corrected chi connectivity index (χ2v) is 6.77. The Bertz CT molecular complexity index is 869. The number of hydrogen-bond acceptors (Lipinski definition) is 2. The van der Waals surface area contributed by atoms with Crippen molar-refractivity contribution in [2.45, 2.75) is 20.4 Å². The monoisotopic (exact) mass is 431 g/mol. The zero-order valence-electron chi connectivity index (χ0n) is 13.6. The number of hydrogen-bond donors (Lipinski definition) is 1. The van der Waals surface area contributed by atoms with Crippen molar-refractivity contribution in [2.75, 3.05) is 5.32 Å². The maximum atomic E-state index is 12.4. The fourth-order valence-corrected chi connectivity index (χ4v) is 3.09. The largest absolute Gasteiger partial charge is 0.331 e. The molecule has 0 saturated carbocycles. The van der Waals surface area contributed by atoms with Gasteiger partial charge in [0.15, 0.2) is 0 Å². The molecule has 0 aliphatic carbocycles. The van der Waals surface area contributed by atoms with Gasteiger partial charge in [0.2, 0.25) is 0 Å². The summed E-state index contributed by atoms with van der Waals surface area (Å²) in [6.45, 7) is 4.76. The molecule has 0 aliphatic rings. The predicted octanol–water partition coefficient (Wildman–Crippen LogP) is 4.41. The van der Waals surface area contributed by atoms with Gasteiger partial charge in [-0.1, -0.05) is 24.3 Å². The Labute approximate surface area is 155 Å². The smallest absolute Gasteiger partial charge is 0.256 e. The highest BCUT2D eigenvalue weighted by molar-refractivity contribution is 14.1. The Hall–Kier alpha value is -2.15. The summed E-state index contributed by atoms with van der Waals surface area (Å²) < 4.78 is 3.07. The molecule has 0 unspecified atom stereocenters. The van der Waals surface area contributed by atoms with Crippen molar-refractivity contribution in [2.24, 2.45) is 0 Å². The number of nitrogens with zero attached hydrogens (tertiary/aromatic N) is 2. The summed E-state index contributed by atoms with van der Waals surface area (Å²) in [6.07, 6.45) is 3.76. The molecule has 0 bridgehead atoms. The van der Waals surface area contributed by atoms with Crippen LogP contribution in [-0.4, -0.2) is 15.5 Å². The van der Waals surface area contributed by atoms with E-state index in [-0.39, 0.29) is 5.91 Å². The first-order chi connectivity index (χ1) is 11.5. The fraction of sp³-hybridized carbons (Fsp3) is 0.158. The van der Waals surface area contributed by atoms with Crippen molar-refractivity contribution >= 4 is 34.2 Å². The molecule has 24 heavy (non-hydrogen) atoms. The van der Waals surface area contributed by atoms with Gasteiger partial charge in [-0.25, -0.2) is 4.98 Å². The summed E-state index contributed by atoms with van der Waals surface area (Å²) in [5, 5.41) is 2.96. The predicted molar refractivity (Wildman–Crippen MR) is 104 cm³/mol. The van der Waals surface area contributed by atoms with Crippen molar-refractivity contribution in [1.82, 2.24) is 9.55 Å². The molecule has 1 aromatic heterocycles. The van der Waals surface area contributed by atoms with Crippen LogP contribution in [0.3, 0.4) is 0 Å². The van der Waals surface area contributed by atoms with Crippen molar-refractivity contribution in [3.8, 4) is 0 Å². The Kier molecular flexibility index (Phi) is 4.99. The molecule has 0 radical (unpaired) electrons. The topological polar surface area (TPSA) is 46.9 Å². The lowest BCUT2D eigenvalue weighted by Crippen LogP contribution is -2.14. The average Bonchev–Trinajstić information content (AvgIpc) is 2.97. The van der Waals surface area contributed by atoms with Crippen LogP contribution in [0.2, 0.25) is 0 Å². The Balaban J connectivity index is 1.71. The van der Waals surface area contributed by atoms with Crippen molar-refractivity contribution < 1.29 is 4.79 Å². The van der Waals surface area contributed by atoms with Crippen LogP contribution in [0, 0.1) is 17.4 Å².